The number of nitrogens with one attached hydrogen (secondary N) is 1. The van der Waals surface area contributed by atoms with Gasteiger partial charge in [-0.3, -0.25) is 4.31 Å². The third-order valence-corrected chi connectivity index (χ3v) is 5.23. The van der Waals surface area contributed by atoms with Crippen LogP contribution in [0.3, 0.4) is 0 Å². The van der Waals surface area contributed by atoms with Crippen molar-refractivity contribution in [1.82, 2.24) is 5.32 Å². The molecule has 0 saturated heterocycles. The average Bonchev–Trinajstić information content (AvgIpc) is 2.59. The Bertz CT molecular complexity index is 836. The molecule has 0 fully saturated rings. The number of hydrogen-bond donors (Lipinski definition) is 2. The van der Waals surface area contributed by atoms with E-state index in [-0.39, 0.29) is 11.4 Å². The summed E-state index contributed by atoms with van der Waals surface area (Å²) in [5.41, 5.74) is 0.947. The van der Waals surface area contributed by atoms with Crippen molar-refractivity contribution >= 4 is 21.8 Å². The quantitative estimate of drug-likeness (QED) is 0.833. The molecule has 0 aliphatic rings. The molecule has 2 N–H and O–H groups in total. The van der Waals surface area contributed by atoms with Gasteiger partial charge in [0.2, 0.25) is 0 Å². The molecule has 128 valence electrons. The van der Waals surface area contributed by atoms with Crippen LogP contribution in [-0.2, 0) is 16.6 Å². The Labute approximate surface area is 140 Å². The topological polar surface area (TPSA) is 95.9 Å². The highest BCUT2D eigenvalue weighted by molar-refractivity contribution is 7.92. The van der Waals surface area contributed by atoms with E-state index in [0.717, 1.165) is 4.31 Å². The van der Waals surface area contributed by atoms with Crippen LogP contribution < -0.4 is 14.4 Å². The number of anilines is 1. The minimum atomic E-state index is -3.81. The van der Waals surface area contributed by atoms with Crippen LogP contribution in [-0.4, -0.2) is 33.8 Å². The predicted molar refractivity (Wildman–Crippen MR) is 89.9 cm³/mol. The lowest BCUT2D eigenvalue weighted by Gasteiger charge is -2.22. The SMILES string of the molecule is COc1cccc(S(=O)(=O)N(C)c2ccccc2CNC(=O)O)c1. The van der Waals surface area contributed by atoms with Crippen molar-refractivity contribution in [2.75, 3.05) is 18.5 Å². The van der Waals surface area contributed by atoms with Crippen molar-refractivity contribution in [3.63, 3.8) is 0 Å². The molecule has 2 aromatic rings. The lowest BCUT2D eigenvalue weighted by atomic mass is 10.2. The zero-order chi connectivity index (χ0) is 17.7. The van der Waals surface area contributed by atoms with Gasteiger partial charge in [-0.1, -0.05) is 24.3 Å². The normalized spacial score (nSPS) is 10.9. The molecule has 0 aliphatic carbocycles. The van der Waals surface area contributed by atoms with Crippen LogP contribution in [0.2, 0.25) is 0 Å². The van der Waals surface area contributed by atoms with Crippen molar-refractivity contribution < 1.29 is 23.1 Å². The zero-order valence-corrected chi connectivity index (χ0v) is 14.1. The third kappa shape index (κ3) is 3.77. The lowest BCUT2D eigenvalue weighted by molar-refractivity contribution is 0.194. The number of rotatable bonds is 6. The first kappa shape index (κ1) is 17.6. The zero-order valence-electron chi connectivity index (χ0n) is 13.3. The van der Waals surface area contributed by atoms with E-state index in [1.165, 1.54) is 26.3 Å². The smallest absolute Gasteiger partial charge is 0.404 e. The van der Waals surface area contributed by atoms with Gasteiger partial charge in [0.05, 0.1) is 17.7 Å². The van der Waals surface area contributed by atoms with Gasteiger partial charge in [0.25, 0.3) is 10.0 Å². The van der Waals surface area contributed by atoms with Gasteiger partial charge in [-0.05, 0) is 23.8 Å². The van der Waals surface area contributed by atoms with E-state index in [2.05, 4.69) is 5.32 Å². The average molecular weight is 350 g/mol. The van der Waals surface area contributed by atoms with Gasteiger partial charge < -0.3 is 15.2 Å². The van der Waals surface area contributed by atoms with Gasteiger partial charge in [0.1, 0.15) is 5.75 Å². The van der Waals surface area contributed by atoms with E-state index >= 15 is 0 Å². The standard InChI is InChI=1S/C16H18N2O5S/c1-18(15-9-4-3-6-12(15)11-17-16(19)20)24(21,22)14-8-5-7-13(10-14)23-2/h3-10,17H,11H2,1-2H3,(H,19,20). The largest absolute Gasteiger partial charge is 0.497 e. The summed E-state index contributed by atoms with van der Waals surface area (Å²) in [5.74, 6) is 0.435. The van der Waals surface area contributed by atoms with E-state index < -0.39 is 16.1 Å². The summed E-state index contributed by atoms with van der Waals surface area (Å²) in [6.07, 6.45) is -1.18. The molecule has 0 bridgehead atoms. The minimum Gasteiger partial charge on any atom is -0.497 e. The Hall–Kier alpha value is -2.74. The van der Waals surface area contributed by atoms with Crippen molar-refractivity contribution in [1.29, 1.82) is 0 Å². The second kappa shape index (κ2) is 7.22. The summed E-state index contributed by atoms with van der Waals surface area (Å²) in [7, 11) is -0.922. The molecule has 0 saturated carbocycles. The molecule has 24 heavy (non-hydrogen) atoms. The summed E-state index contributed by atoms with van der Waals surface area (Å²) >= 11 is 0. The molecule has 8 heteroatoms. The van der Waals surface area contributed by atoms with Gasteiger partial charge in [0.15, 0.2) is 0 Å². The number of amides is 1. The van der Waals surface area contributed by atoms with Crippen LogP contribution >= 0.6 is 0 Å². The summed E-state index contributed by atoms with van der Waals surface area (Å²) in [5, 5.41) is 11.0. The van der Waals surface area contributed by atoms with Crippen LogP contribution in [0.5, 0.6) is 5.75 Å². The fraction of sp³-hybridized carbons (Fsp3) is 0.188. The third-order valence-electron chi connectivity index (χ3n) is 3.46. The van der Waals surface area contributed by atoms with Crippen molar-refractivity contribution in [3.8, 4) is 5.75 Å². The van der Waals surface area contributed by atoms with E-state index in [4.69, 9.17) is 9.84 Å². The van der Waals surface area contributed by atoms with Crippen molar-refractivity contribution in [3.05, 3.63) is 54.1 Å². The molecule has 2 aromatic carbocycles. The first-order chi connectivity index (χ1) is 11.4. The monoisotopic (exact) mass is 350 g/mol. The number of benzene rings is 2. The fourth-order valence-electron chi connectivity index (χ4n) is 2.19. The Kier molecular flexibility index (Phi) is 5.30. The van der Waals surface area contributed by atoms with Crippen LogP contribution in [0.15, 0.2) is 53.4 Å². The van der Waals surface area contributed by atoms with E-state index in [0.29, 0.717) is 17.0 Å². The first-order valence-electron chi connectivity index (χ1n) is 7.04. The van der Waals surface area contributed by atoms with E-state index in [1.807, 2.05) is 0 Å². The molecule has 0 atom stereocenters. The molecule has 1 amide bonds. The number of sulfonamides is 1. The molecule has 7 nitrogen and oxygen atoms in total. The predicted octanol–water partition coefficient (Wildman–Crippen LogP) is 2.29. The number of methoxy groups -OCH3 is 1. The molecular weight excluding hydrogens is 332 g/mol. The van der Waals surface area contributed by atoms with Crippen molar-refractivity contribution in [2.45, 2.75) is 11.4 Å². The maximum absolute atomic E-state index is 12.8. The Balaban J connectivity index is 2.39. The van der Waals surface area contributed by atoms with Crippen molar-refractivity contribution in [2.24, 2.45) is 0 Å². The molecule has 0 aliphatic heterocycles. The summed E-state index contributed by atoms with van der Waals surface area (Å²) in [6, 6.07) is 12.9. The van der Waals surface area contributed by atoms with Gasteiger partial charge in [-0.25, -0.2) is 13.2 Å². The highest BCUT2D eigenvalue weighted by Gasteiger charge is 2.23. The highest BCUT2D eigenvalue weighted by Crippen LogP contribution is 2.27. The number of para-hydroxylation sites is 1. The number of nitrogens with zero attached hydrogens (tertiary/aromatic N) is 1. The Morgan fingerprint density at radius 1 is 1.21 bits per heavy atom. The minimum absolute atomic E-state index is 0.00345. The highest BCUT2D eigenvalue weighted by atomic mass is 32.2. The number of carboxylic acid groups (broad SMARTS) is 1. The van der Waals surface area contributed by atoms with E-state index in [1.54, 1.807) is 36.4 Å². The second-order valence-electron chi connectivity index (χ2n) is 4.94. The molecular formula is C16H18N2O5S. The fourth-order valence-corrected chi connectivity index (χ4v) is 3.46. The van der Waals surface area contributed by atoms with Crippen LogP contribution in [0.1, 0.15) is 5.56 Å². The maximum Gasteiger partial charge on any atom is 0.404 e. The second-order valence-corrected chi connectivity index (χ2v) is 6.91. The Morgan fingerprint density at radius 3 is 2.58 bits per heavy atom. The molecule has 0 radical (unpaired) electrons. The number of ether oxygens (including phenoxy) is 1. The lowest BCUT2D eigenvalue weighted by Crippen LogP contribution is -2.29. The molecule has 0 unspecified atom stereocenters. The summed E-state index contributed by atoms with van der Waals surface area (Å²) in [6.45, 7) is 0.00345. The molecule has 0 heterocycles. The van der Waals surface area contributed by atoms with Crippen LogP contribution in [0.4, 0.5) is 10.5 Å². The maximum atomic E-state index is 12.8. The molecule has 0 spiro atoms. The van der Waals surface area contributed by atoms with Crippen LogP contribution in [0, 0.1) is 0 Å². The molecule has 2 rings (SSSR count). The van der Waals surface area contributed by atoms with Crippen LogP contribution in [0.25, 0.3) is 0 Å². The van der Waals surface area contributed by atoms with E-state index in [9.17, 15) is 13.2 Å². The number of hydrogen-bond acceptors (Lipinski definition) is 4. The van der Waals surface area contributed by atoms with Gasteiger partial charge in [-0.2, -0.15) is 0 Å². The molecule has 0 aromatic heterocycles. The number of carbonyl (C=O) groups is 1. The van der Waals surface area contributed by atoms with Gasteiger partial charge in [0, 0.05) is 19.7 Å². The summed E-state index contributed by atoms with van der Waals surface area (Å²) < 4.78 is 31.8. The summed E-state index contributed by atoms with van der Waals surface area (Å²) in [4.78, 5) is 10.8. The van der Waals surface area contributed by atoms with Gasteiger partial charge in [-0.15, -0.1) is 0 Å². The first-order valence-corrected chi connectivity index (χ1v) is 8.48. The van der Waals surface area contributed by atoms with Gasteiger partial charge >= 0.3 is 6.09 Å². The Morgan fingerprint density at radius 2 is 1.92 bits per heavy atom.